The molecule has 0 fully saturated rings. The Kier molecular flexibility index (Phi) is 4.92. The van der Waals surface area contributed by atoms with Crippen LogP contribution in [0.5, 0.6) is 0 Å². The van der Waals surface area contributed by atoms with Crippen molar-refractivity contribution in [2.75, 3.05) is 6.26 Å². The van der Waals surface area contributed by atoms with Gasteiger partial charge < -0.3 is 5.32 Å². The highest BCUT2D eigenvalue weighted by Gasteiger charge is 2.20. The number of aromatic nitrogens is 1. The molecule has 1 N–H and O–H groups in total. The summed E-state index contributed by atoms with van der Waals surface area (Å²) in [5.74, 6) is -0.0953. The van der Waals surface area contributed by atoms with Crippen LogP contribution < -0.4 is 5.32 Å². The molecule has 0 saturated heterocycles. The molecular formula is C16H14N2OS3. The first-order valence-corrected chi connectivity index (χ1v) is 9.69. The molecule has 0 aliphatic rings. The van der Waals surface area contributed by atoms with Crippen LogP contribution in [0.3, 0.4) is 0 Å². The third-order valence-electron chi connectivity index (χ3n) is 3.19. The van der Waals surface area contributed by atoms with Gasteiger partial charge in [-0.2, -0.15) is 11.3 Å². The van der Waals surface area contributed by atoms with E-state index in [0.29, 0.717) is 5.56 Å². The lowest BCUT2D eigenvalue weighted by molar-refractivity contribution is 0.0940. The van der Waals surface area contributed by atoms with E-state index in [4.69, 9.17) is 0 Å². The average Bonchev–Trinajstić information content (AvgIpc) is 3.25. The monoisotopic (exact) mass is 346 g/mol. The molecule has 3 rings (SSSR count). The molecule has 3 aromatic rings. The molecule has 1 atom stereocenters. The fourth-order valence-electron chi connectivity index (χ4n) is 2.15. The first-order valence-electron chi connectivity index (χ1n) is 6.65. The first-order chi connectivity index (χ1) is 10.8. The van der Waals surface area contributed by atoms with Crippen LogP contribution in [0.15, 0.2) is 57.7 Å². The molecular weight excluding hydrogens is 332 g/mol. The highest BCUT2D eigenvalue weighted by Crippen LogP contribution is 2.28. The van der Waals surface area contributed by atoms with E-state index in [9.17, 15) is 4.79 Å². The number of carbonyl (C=O) groups excluding carboxylic acids is 1. The van der Waals surface area contributed by atoms with Crippen molar-refractivity contribution >= 4 is 40.3 Å². The molecule has 0 saturated carbocycles. The molecule has 3 nitrogen and oxygen atoms in total. The van der Waals surface area contributed by atoms with Gasteiger partial charge in [0.05, 0.1) is 11.6 Å². The van der Waals surface area contributed by atoms with E-state index in [1.165, 1.54) is 11.8 Å². The minimum absolute atomic E-state index is 0.0953. The van der Waals surface area contributed by atoms with Gasteiger partial charge in [0.25, 0.3) is 5.91 Å². The topological polar surface area (TPSA) is 42.0 Å². The van der Waals surface area contributed by atoms with Crippen LogP contribution in [-0.4, -0.2) is 17.1 Å². The molecule has 1 unspecified atom stereocenters. The number of amides is 1. The second-order valence-electron chi connectivity index (χ2n) is 4.54. The second-order valence-corrected chi connectivity index (χ2v) is 7.09. The summed E-state index contributed by atoms with van der Waals surface area (Å²) in [7, 11) is 0. The summed E-state index contributed by atoms with van der Waals surface area (Å²) in [6, 6.07) is 9.59. The SMILES string of the molecule is CSc1ncccc1C(=O)NC(c1ccsc1)c1cccs1. The second kappa shape index (κ2) is 7.09. The van der Waals surface area contributed by atoms with Crippen LogP contribution in [-0.2, 0) is 0 Å². The van der Waals surface area contributed by atoms with Crippen molar-refractivity contribution in [3.63, 3.8) is 0 Å². The van der Waals surface area contributed by atoms with Gasteiger partial charge in [0.2, 0.25) is 0 Å². The lowest BCUT2D eigenvalue weighted by Crippen LogP contribution is -2.29. The van der Waals surface area contributed by atoms with E-state index < -0.39 is 0 Å². The maximum atomic E-state index is 12.7. The van der Waals surface area contributed by atoms with Gasteiger partial charge in [-0.3, -0.25) is 4.79 Å². The minimum Gasteiger partial charge on any atom is -0.340 e. The smallest absolute Gasteiger partial charge is 0.254 e. The number of hydrogen-bond donors (Lipinski definition) is 1. The molecule has 0 spiro atoms. The third-order valence-corrected chi connectivity index (χ3v) is 5.54. The Morgan fingerprint density at radius 3 is 2.86 bits per heavy atom. The predicted molar refractivity (Wildman–Crippen MR) is 94.0 cm³/mol. The molecule has 6 heteroatoms. The molecule has 0 radical (unpaired) electrons. The van der Waals surface area contributed by atoms with Crippen LogP contribution in [0, 0.1) is 0 Å². The molecule has 3 heterocycles. The molecule has 22 heavy (non-hydrogen) atoms. The zero-order valence-electron chi connectivity index (χ0n) is 11.9. The summed E-state index contributed by atoms with van der Waals surface area (Å²) in [6.07, 6.45) is 3.63. The maximum Gasteiger partial charge on any atom is 0.254 e. The van der Waals surface area contributed by atoms with Crippen LogP contribution in [0.2, 0.25) is 0 Å². The van der Waals surface area contributed by atoms with E-state index in [0.717, 1.165) is 15.5 Å². The van der Waals surface area contributed by atoms with Crippen molar-refractivity contribution < 1.29 is 4.79 Å². The summed E-state index contributed by atoms with van der Waals surface area (Å²) in [4.78, 5) is 18.1. The van der Waals surface area contributed by atoms with E-state index in [2.05, 4.69) is 15.7 Å². The summed E-state index contributed by atoms with van der Waals surface area (Å²) in [5, 5.41) is 10.0. The van der Waals surface area contributed by atoms with E-state index >= 15 is 0 Å². The van der Waals surface area contributed by atoms with Crippen molar-refractivity contribution in [1.82, 2.24) is 10.3 Å². The van der Waals surface area contributed by atoms with Crippen molar-refractivity contribution in [3.8, 4) is 0 Å². The lowest BCUT2D eigenvalue weighted by Gasteiger charge is -2.17. The predicted octanol–water partition coefficient (Wildman–Crippen LogP) is 4.45. The molecule has 0 aliphatic carbocycles. The summed E-state index contributed by atoms with van der Waals surface area (Å²) < 4.78 is 0. The lowest BCUT2D eigenvalue weighted by atomic mass is 10.1. The molecule has 112 valence electrons. The Morgan fingerprint density at radius 1 is 1.27 bits per heavy atom. The highest BCUT2D eigenvalue weighted by molar-refractivity contribution is 7.98. The van der Waals surface area contributed by atoms with Gasteiger partial charge in [0.1, 0.15) is 5.03 Å². The number of hydrogen-bond acceptors (Lipinski definition) is 5. The van der Waals surface area contributed by atoms with Crippen molar-refractivity contribution in [2.45, 2.75) is 11.1 Å². The third kappa shape index (κ3) is 3.24. The van der Waals surface area contributed by atoms with Gasteiger partial charge in [0, 0.05) is 11.1 Å². The van der Waals surface area contributed by atoms with E-state index in [1.54, 1.807) is 34.9 Å². The fourth-order valence-corrected chi connectivity index (χ4v) is 4.18. The number of rotatable bonds is 5. The number of pyridine rings is 1. The van der Waals surface area contributed by atoms with Crippen LogP contribution >= 0.6 is 34.4 Å². The molecule has 0 aromatic carbocycles. The molecule has 0 bridgehead atoms. The van der Waals surface area contributed by atoms with Gasteiger partial charge in [-0.1, -0.05) is 6.07 Å². The Bertz CT molecular complexity index is 704. The number of nitrogens with zero attached hydrogens (tertiary/aromatic N) is 1. The Morgan fingerprint density at radius 2 is 2.18 bits per heavy atom. The first kappa shape index (κ1) is 15.3. The van der Waals surface area contributed by atoms with Gasteiger partial charge >= 0.3 is 0 Å². The Hall–Kier alpha value is -1.63. The maximum absolute atomic E-state index is 12.7. The summed E-state index contributed by atoms with van der Waals surface area (Å²) >= 11 is 4.76. The normalized spacial score (nSPS) is 12.0. The minimum atomic E-state index is -0.117. The van der Waals surface area contributed by atoms with E-state index in [-0.39, 0.29) is 11.9 Å². The number of thiophene rings is 2. The Labute approximate surface area is 141 Å². The molecule has 0 aliphatic heterocycles. The van der Waals surface area contributed by atoms with Crippen LogP contribution in [0.25, 0.3) is 0 Å². The van der Waals surface area contributed by atoms with Crippen molar-refractivity contribution in [2.24, 2.45) is 0 Å². The van der Waals surface area contributed by atoms with Crippen molar-refractivity contribution in [3.05, 3.63) is 68.7 Å². The highest BCUT2D eigenvalue weighted by atomic mass is 32.2. The average molecular weight is 347 g/mol. The van der Waals surface area contributed by atoms with Crippen LogP contribution in [0.4, 0.5) is 0 Å². The zero-order chi connectivity index (χ0) is 15.4. The molecule has 3 aromatic heterocycles. The van der Waals surface area contributed by atoms with Gasteiger partial charge in [-0.15, -0.1) is 23.1 Å². The molecule has 1 amide bonds. The standard InChI is InChI=1S/C16H14N2OS3/c1-20-16-12(4-2-7-17-16)15(19)18-14(11-6-9-21-10-11)13-5-3-8-22-13/h2-10,14H,1H3,(H,18,19). The number of carbonyl (C=O) groups is 1. The van der Waals surface area contributed by atoms with Crippen LogP contribution in [0.1, 0.15) is 26.8 Å². The number of nitrogens with one attached hydrogen (secondary N) is 1. The summed E-state index contributed by atoms with van der Waals surface area (Å²) in [6.45, 7) is 0. The zero-order valence-corrected chi connectivity index (χ0v) is 14.3. The van der Waals surface area contributed by atoms with E-state index in [1.807, 2.05) is 41.3 Å². The quantitative estimate of drug-likeness (QED) is 0.694. The largest absolute Gasteiger partial charge is 0.340 e. The van der Waals surface area contributed by atoms with Gasteiger partial charge in [-0.25, -0.2) is 4.98 Å². The van der Waals surface area contributed by atoms with Gasteiger partial charge in [0.15, 0.2) is 0 Å². The fraction of sp³-hybridized carbons (Fsp3) is 0.125. The number of thioether (sulfide) groups is 1. The summed E-state index contributed by atoms with van der Waals surface area (Å²) in [5.41, 5.74) is 1.72. The Balaban J connectivity index is 1.89. The van der Waals surface area contributed by atoms with Crippen molar-refractivity contribution in [1.29, 1.82) is 0 Å². The van der Waals surface area contributed by atoms with Gasteiger partial charge in [-0.05, 0) is 52.2 Å².